The summed E-state index contributed by atoms with van der Waals surface area (Å²) >= 11 is 0. The Kier molecular flexibility index (Phi) is 9.75. The molecule has 0 spiro atoms. The van der Waals surface area contributed by atoms with Crippen molar-refractivity contribution in [1.29, 1.82) is 0 Å². The van der Waals surface area contributed by atoms with Gasteiger partial charge in [-0.1, -0.05) is 20.3 Å². The largest absolute Gasteiger partial charge is 0.480 e. The molecule has 0 aromatic carbocycles. The number of nitrogens with one attached hydrogen (secondary N) is 1. The summed E-state index contributed by atoms with van der Waals surface area (Å²) in [6.45, 7) is 2.84. The smallest absolute Gasteiger partial charge is 0.326 e. The molecule has 0 aliphatic carbocycles. The number of hydrogen-bond donors (Lipinski definition) is 2. The van der Waals surface area contributed by atoms with E-state index in [4.69, 9.17) is 5.11 Å². The lowest BCUT2D eigenvalue weighted by atomic mass is 9.99. The Balaban J connectivity index is 4.36. The maximum atomic E-state index is 11.8. The third kappa shape index (κ3) is 9.38. The highest BCUT2D eigenvalue weighted by Gasteiger charge is 2.25. The molecule has 138 valence electrons. The quantitative estimate of drug-likeness (QED) is 0.355. The number of carbonyl (C=O) groups excluding carboxylic acids is 1. The van der Waals surface area contributed by atoms with Gasteiger partial charge in [0, 0.05) is 6.42 Å². The lowest BCUT2D eigenvalue weighted by molar-refractivity contribution is -0.790. The summed E-state index contributed by atoms with van der Waals surface area (Å²) in [7, 11) is 0. The number of hydrogen-bond acceptors (Lipinski definition) is 8. The molecule has 0 saturated heterocycles. The van der Waals surface area contributed by atoms with Gasteiger partial charge in [-0.25, -0.2) is 4.79 Å². The van der Waals surface area contributed by atoms with Crippen molar-refractivity contribution >= 4 is 11.9 Å². The Hall–Kier alpha value is -2.66. The van der Waals surface area contributed by atoms with Crippen molar-refractivity contribution in [3.8, 4) is 0 Å². The Bertz CT molecular complexity index is 457. The van der Waals surface area contributed by atoms with Gasteiger partial charge in [0.05, 0.1) is 0 Å². The van der Waals surface area contributed by atoms with Gasteiger partial charge in [-0.2, -0.15) is 0 Å². The molecule has 12 heteroatoms. The zero-order valence-corrected chi connectivity index (χ0v) is 13.4. The SMILES string of the molecule is CCC(C)C(NC(=O)CCCC(CO[N+](=O)[O-])O[N+](=O)[O-])C(=O)O. The van der Waals surface area contributed by atoms with Crippen molar-refractivity contribution in [2.75, 3.05) is 6.61 Å². The van der Waals surface area contributed by atoms with Crippen LogP contribution in [0.4, 0.5) is 0 Å². The molecule has 0 aromatic rings. The highest BCUT2D eigenvalue weighted by molar-refractivity contribution is 5.83. The number of carboxylic acids is 1. The molecule has 0 heterocycles. The number of carbonyl (C=O) groups is 2. The monoisotopic (exact) mass is 351 g/mol. The van der Waals surface area contributed by atoms with E-state index >= 15 is 0 Å². The van der Waals surface area contributed by atoms with Crippen LogP contribution in [0.2, 0.25) is 0 Å². The van der Waals surface area contributed by atoms with Gasteiger partial charge >= 0.3 is 5.97 Å². The molecule has 2 N–H and O–H groups in total. The van der Waals surface area contributed by atoms with Crippen LogP contribution in [0.3, 0.4) is 0 Å². The van der Waals surface area contributed by atoms with Gasteiger partial charge in [0.2, 0.25) is 5.91 Å². The van der Waals surface area contributed by atoms with Crippen LogP contribution in [0.15, 0.2) is 0 Å². The van der Waals surface area contributed by atoms with Gasteiger partial charge in [0.1, 0.15) is 18.8 Å². The van der Waals surface area contributed by atoms with Crippen molar-refractivity contribution in [2.45, 2.75) is 51.7 Å². The van der Waals surface area contributed by atoms with Gasteiger partial charge in [-0.3, -0.25) is 4.79 Å². The minimum Gasteiger partial charge on any atom is -0.480 e. The number of nitrogens with zero attached hydrogens (tertiary/aromatic N) is 2. The molecule has 0 aliphatic rings. The van der Waals surface area contributed by atoms with E-state index in [0.29, 0.717) is 6.42 Å². The Labute approximate surface area is 137 Å². The highest BCUT2D eigenvalue weighted by atomic mass is 17.0. The van der Waals surface area contributed by atoms with Crippen molar-refractivity contribution in [2.24, 2.45) is 5.92 Å². The number of aliphatic carboxylic acids is 1. The van der Waals surface area contributed by atoms with Crippen molar-refractivity contribution in [1.82, 2.24) is 5.32 Å². The lowest BCUT2D eigenvalue weighted by Gasteiger charge is -2.20. The van der Waals surface area contributed by atoms with E-state index in [1.807, 2.05) is 0 Å². The molecule has 0 radical (unpaired) electrons. The average molecular weight is 351 g/mol. The number of amides is 1. The Morgan fingerprint density at radius 2 is 1.88 bits per heavy atom. The van der Waals surface area contributed by atoms with E-state index in [1.165, 1.54) is 0 Å². The van der Waals surface area contributed by atoms with E-state index in [9.17, 15) is 29.8 Å². The highest BCUT2D eigenvalue weighted by Crippen LogP contribution is 2.10. The van der Waals surface area contributed by atoms with E-state index < -0.39 is 40.8 Å². The Morgan fingerprint density at radius 3 is 2.33 bits per heavy atom. The summed E-state index contributed by atoms with van der Waals surface area (Å²) in [6.07, 6.45) is -0.658. The van der Waals surface area contributed by atoms with Crippen LogP contribution in [0.25, 0.3) is 0 Å². The third-order valence-electron chi connectivity index (χ3n) is 3.33. The topological polar surface area (TPSA) is 171 Å². The standard InChI is InChI=1S/C12H21N3O9/c1-3-8(2)11(12(17)18)13-10(16)6-4-5-9(24-15(21)22)7-23-14(19)20/h8-9,11H,3-7H2,1-2H3,(H,13,16)(H,17,18). The van der Waals surface area contributed by atoms with Crippen LogP contribution < -0.4 is 5.32 Å². The summed E-state index contributed by atoms with van der Waals surface area (Å²) in [5, 5.41) is 29.6. The second-order valence-electron chi connectivity index (χ2n) is 5.13. The minimum atomic E-state index is -1.19. The normalized spacial score (nSPS) is 14.1. The van der Waals surface area contributed by atoms with Gasteiger partial charge in [-0.15, -0.1) is 20.2 Å². The first kappa shape index (κ1) is 21.3. The maximum absolute atomic E-state index is 11.8. The molecule has 0 aromatic heterocycles. The van der Waals surface area contributed by atoms with Gasteiger partial charge < -0.3 is 20.1 Å². The van der Waals surface area contributed by atoms with Crippen LogP contribution in [0, 0.1) is 26.1 Å². The lowest BCUT2D eigenvalue weighted by Crippen LogP contribution is -2.45. The Morgan fingerprint density at radius 1 is 1.25 bits per heavy atom. The fraction of sp³-hybridized carbons (Fsp3) is 0.833. The van der Waals surface area contributed by atoms with E-state index in [1.54, 1.807) is 13.8 Å². The van der Waals surface area contributed by atoms with Gasteiger partial charge in [0.25, 0.3) is 10.2 Å². The molecular weight excluding hydrogens is 330 g/mol. The molecule has 12 nitrogen and oxygen atoms in total. The van der Waals surface area contributed by atoms with Crippen LogP contribution in [0.5, 0.6) is 0 Å². The fourth-order valence-electron chi connectivity index (χ4n) is 1.85. The second kappa shape index (κ2) is 11.0. The predicted molar refractivity (Wildman–Crippen MR) is 77.7 cm³/mol. The zero-order valence-electron chi connectivity index (χ0n) is 13.4. The molecule has 0 saturated carbocycles. The van der Waals surface area contributed by atoms with Crippen LogP contribution in [-0.4, -0.2) is 45.9 Å². The molecule has 0 rings (SSSR count). The van der Waals surface area contributed by atoms with Crippen LogP contribution >= 0.6 is 0 Å². The van der Waals surface area contributed by atoms with Crippen LogP contribution in [-0.2, 0) is 19.3 Å². The molecule has 0 aliphatic heterocycles. The van der Waals surface area contributed by atoms with E-state index in [0.717, 1.165) is 0 Å². The summed E-state index contributed by atoms with van der Waals surface area (Å²) in [4.78, 5) is 51.5. The summed E-state index contributed by atoms with van der Waals surface area (Å²) in [5.41, 5.74) is 0. The summed E-state index contributed by atoms with van der Waals surface area (Å²) in [6, 6.07) is -1.02. The van der Waals surface area contributed by atoms with Crippen molar-refractivity contribution in [3.63, 3.8) is 0 Å². The number of rotatable bonds is 13. The first-order valence-electron chi connectivity index (χ1n) is 7.28. The average Bonchev–Trinajstić information content (AvgIpc) is 2.48. The first-order chi connectivity index (χ1) is 11.2. The third-order valence-corrected chi connectivity index (χ3v) is 3.33. The first-order valence-corrected chi connectivity index (χ1v) is 7.28. The van der Waals surface area contributed by atoms with E-state index in [2.05, 4.69) is 15.0 Å². The molecular formula is C12H21N3O9. The van der Waals surface area contributed by atoms with Crippen molar-refractivity contribution < 1.29 is 34.5 Å². The summed E-state index contributed by atoms with van der Waals surface area (Å²) < 4.78 is 0. The summed E-state index contributed by atoms with van der Waals surface area (Å²) in [5.74, 6) is -1.94. The molecule has 0 fully saturated rings. The van der Waals surface area contributed by atoms with E-state index in [-0.39, 0.29) is 25.2 Å². The molecule has 24 heavy (non-hydrogen) atoms. The zero-order chi connectivity index (χ0) is 18.7. The predicted octanol–water partition coefficient (Wildman–Crippen LogP) is 0.557. The molecule has 0 bridgehead atoms. The second-order valence-corrected chi connectivity index (χ2v) is 5.13. The minimum absolute atomic E-state index is 0.0384. The fourth-order valence-corrected chi connectivity index (χ4v) is 1.85. The molecule has 3 unspecified atom stereocenters. The van der Waals surface area contributed by atoms with Crippen LogP contribution in [0.1, 0.15) is 39.5 Å². The van der Waals surface area contributed by atoms with Crippen molar-refractivity contribution in [3.05, 3.63) is 20.2 Å². The van der Waals surface area contributed by atoms with Gasteiger partial charge in [-0.05, 0) is 18.8 Å². The maximum Gasteiger partial charge on any atom is 0.326 e. The molecule has 1 amide bonds. The number of carboxylic acid groups (broad SMARTS) is 1. The van der Waals surface area contributed by atoms with Gasteiger partial charge in [0.15, 0.2) is 0 Å². The molecule has 3 atom stereocenters.